The van der Waals surface area contributed by atoms with E-state index in [0.717, 1.165) is 71.0 Å². The van der Waals surface area contributed by atoms with Gasteiger partial charge in [0, 0.05) is 78.5 Å². The van der Waals surface area contributed by atoms with Crippen molar-refractivity contribution in [1.82, 2.24) is 28.0 Å². The number of piperidine rings is 6. The Balaban J connectivity index is 1.71. The van der Waals surface area contributed by atoms with Gasteiger partial charge in [0.25, 0.3) is 0 Å². The minimum Gasteiger partial charge on any atom is -0.242 e. The zero-order valence-electron chi connectivity index (χ0n) is 35.7. The Hall–Kier alpha value is 0.420. The van der Waals surface area contributed by atoms with E-state index in [4.69, 9.17) is 4.52 Å². The van der Waals surface area contributed by atoms with Crippen molar-refractivity contribution in [2.75, 3.05) is 78.5 Å². The van der Waals surface area contributed by atoms with Crippen molar-refractivity contribution >= 4 is 15.4 Å². The van der Waals surface area contributed by atoms with Crippen molar-refractivity contribution in [3.8, 4) is 0 Å². The van der Waals surface area contributed by atoms with Crippen molar-refractivity contribution in [1.29, 1.82) is 0 Å². The minimum atomic E-state index is -2.34. The van der Waals surface area contributed by atoms with Crippen LogP contribution < -0.4 is 0 Å². The van der Waals surface area contributed by atoms with Crippen LogP contribution in [0.15, 0.2) is 4.52 Å². The second kappa shape index (κ2) is 16.9. The second-order valence-electron chi connectivity index (χ2n) is 21.1. The maximum Gasteiger partial charge on any atom is 0.357 e. The molecule has 0 spiro atoms. The third kappa shape index (κ3) is 9.03. The van der Waals surface area contributed by atoms with Crippen LogP contribution in [0.5, 0.6) is 0 Å². The van der Waals surface area contributed by atoms with E-state index in [2.05, 4.69) is 111 Å². The molecule has 12 atom stereocenters. The highest BCUT2D eigenvalue weighted by Gasteiger charge is 2.64. The first kappa shape index (κ1) is 41.1. The first-order valence-electron chi connectivity index (χ1n) is 22.1. The number of nitrogens with zero attached hydrogens (tertiary/aromatic N) is 7. The predicted octanol–water partition coefficient (Wildman–Crippen LogP) is 10.5. The van der Waals surface area contributed by atoms with Crippen molar-refractivity contribution in [2.45, 2.75) is 122 Å². The third-order valence-corrected chi connectivity index (χ3v) is 22.0. The standard InChI is InChI=1S/C42H84N7P2/c1-31-13-32(2)20-44(19-31)50(45-21-33(3)14-34(4)22-45,46-23-35(5)15-36(6)24-46)43-51(47-25-37(7)16-38(8)26-47,48-27-39(9)17-40(10)28-48)49-29-41(11)18-42(12)30-49/h31-42H,13-30H2,1-12H3/q+1/t31-,32+,33-,34+,35-,36+,37-,38+,39-,40+,41-,42+. The minimum absolute atomic E-state index is 0.718. The molecule has 6 aliphatic rings. The van der Waals surface area contributed by atoms with Gasteiger partial charge in [-0.05, 0) is 114 Å². The molecule has 7 nitrogen and oxygen atoms in total. The van der Waals surface area contributed by atoms with Crippen LogP contribution in [0.1, 0.15) is 122 Å². The monoisotopic (exact) mass is 749 g/mol. The van der Waals surface area contributed by atoms with E-state index in [0.29, 0.717) is 0 Å². The molecular weight excluding hydrogens is 664 g/mol. The van der Waals surface area contributed by atoms with Crippen LogP contribution in [0.4, 0.5) is 0 Å². The summed E-state index contributed by atoms with van der Waals surface area (Å²) < 4.78 is 26.1. The number of hydrogen-bond acceptors (Lipinski definition) is 4. The molecule has 6 heterocycles. The van der Waals surface area contributed by atoms with Crippen molar-refractivity contribution in [3.63, 3.8) is 0 Å². The number of hydrogen-bond donors (Lipinski definition) is 0. The second-order valence-corrected chi connectivity index (χ2v) is 27.3. The summed E-state index contributed by atoms with van der Waals surface area (Å²) in [6.07, 6.45) is 8.17. The molecule has 0 aliphatic carbocycles. The summed E-state index contributed by atoms with van der Waals surface area (Å²) in [4.78, 5) is 0. The van der Waals surface area contributed by atoms with Gasteiger partial charge in [-0.25, -0.2) is 14.0 Å². The lowest BCUT2D eigenvalue weighted by Crippen LogP contribution is -2.56. The van der Waals surface area contributed by atoms with E-state index in [1.54, 1.807) is 0 Å². The van der Waals surface area contributed by atoms with Gasteiger partial charge in [0.2, 0.25) is 7.51 Å². The average Bonchev–Trinajstić information content (AvgIpc) is 2.99. The Morgan fingerprint density at radius 2 is 0.490 bits per heavy atom. The molecule has 0 bridgehead atoms. The fraction of sp³-hybridized carbons (Fsp3) is 1.00. The fourth-order valence-electron chi connectivity index (χ4n) is 12.7. The Bertz CT molecular complexity index is 1000. The van der Waals surface area contributed by atoms with Gasteiger partial charge in [0.05, 0.1) is 0 Å². The maximum absolute atomic E-state index is 7.27. The van der Waals surface area contributed by atoms with E-state index in [1.807, 2.05) is 0 Å². The first-order chi connectivity index (χ1) is 24.1. The molecule has 6 rings (SSSR count). The van der Waals surface area contributed by atoms with Gasteiger partial charge < -0.3 is 0 Å². The molecule has 0 aromatic rings. The molecule has 0 aromatic carbocycles. The van der Waals surface area contributed by atoms with Gasteiger partial charge in [0.1, 0.15) is 0 Å². The summed E-state index contributed by atoms with van der Waals surface area (Å²) >= 11 is 0. The van der Waals surface area contributed by atoms with Crippen LogP contribution >= 0.6 is 15.4 Å². The fourth-order valence-corrected chi connectivity index (χ4v) is 24.8. The van der Waals surface area contributed by atoms with Crippen molar-refractivity contribution in [3.05, 3.63) is 0 Å². The lowest BCUT2D eigenvalue weighted by molar-refractivity contribution is 0.137. The summed E-state index contributed by atoms with van der Waals surface area (Å²) in [7, 11) is -4.67. The topological polar surface area (TPSA) is 31.8 Å². The molecule has 9 heteroatoms. The molecule has 0 saturated carbocycles. The Kier molecular flexibility index (Phi) is 13.6. The van der Waals surface area contributed by atoms with Gasteiger partial charge in [-0.1, -0.05) is 83.1 Å². The molecule has 296 valence electrons. The zero-order chi connectivity index (χ0) is 36.8. The lowest BCUT2D eigenvalue weighted by atomic mass is 9.93. The summed E-state index contributed by atoms with van der Waals surface area (Å²) in [5.74, 6) is 8.62. The third-order valence-electron chi connectivity index (χ3n) is 13.6. The van der Waals surface area contributed by atoms with E-state index >= 15 is 0 Å². The Morgan fingerprint density at radius 1 is 0.314 bits per heavy atom. The summed E-state index contributed by atoms with van der Waals surface area (Å²) in [5, 5.41) is 0. The molecule has 51 heavy (non-hydrogen) atoms. The van der Waals surface area contributed by atoms with Gasteiger partial charge >= 0.3 is 7.87 Å². The molecule has 6 saturated heterocycles. The molecule has 6 aliphatic heterocycles. The van der Waals surface area contributed by atoms with Gasteiger partial charge in [0.15, 0.2) is 0 Å². The van der Waals surface area contributed by atoms with Gasteiger partial charge in [-0.3, -0.25) is 0 Å². The molecule has 6 fully saturated rings. The van der Waals surface area contributed by atoms with E-state index in [9.17, 15) is 0 Å². The molecule has 0 N–H and O–H groups in total. The zero-order valence-corrected chi connectivity index (χ0v) is 37.5. The van der Waals surface area contributed by atoms with Crippen LogP contribution in [0, 0.1) is 71.0 Å². The van der Waals surface area contributed by atoms with Crippen LogP contribution in [0.3, 0.4) is 0 Å². The van der Waals surface area contributed by atoms with E-state index in [-0.39, 0.29) is 0 Å². The van der Waals surface area contributed by atoms with E-state index in [1.165, 1.54) is 117 Å². The molecular formula is C42H84N7P2+. The first-order valence-corrected chi connectivity index (χ1v) is 25.3. The largest absolute Gasteiger partial charge is 0.357 e. The Labute approximate surface area is 318 Å². The normalized spacial score (nSPS) is 43.0. The smallest absolute Gasteiger partial charge is 0.242 e. The van der Waals surface area contributed by atoms with Crippen LogP contribution in [0.25, 0.3) is 0 Å². The van der Waals surface area contributed by atoms with Crippen molar-refractivity contribution in [2.24, 2.45) is 75.5 Å². The summed E-state index contributed by atoms with van der Waals surface area (Å²) in [6, 6.07) is 0. The highest BCUT2D eigenvalue weighted by molar-refractivity contribution is 7.75. The average molecular weight is 749 g/mol. The quantitative estimate of drug-likeness (QED) is 0.241. The van der Waals surface area contributed by atoms with Gasteiger partial charge in [-0.2, -0.15) is 0 Å². The summed E-state index contributed by atoms with van der Waals surface area (Å²) in [5.41, 5.74) is 0. The highest BCUT2D eigenvalue weighted by atomic mass is 31.2. The summed E-state index contributed by atoms with van der Waals surface area (Å²) in [6.45, 7) is 45.4. The number of rotatable bonds is 7. The van der Waals surface area contributed by atoms with Gasteiger partial charge in [-0.15, -0.1) is 14.0 Å². The van der Waals surface area contributed by atoms with E-state index < -0.39 is 15.4 Å². The Morgan fingerprint density at radius 3 is 0.686 bits per heavy atom. The SMILES string of the molecule is C[C@@H]1C[C@H](C)CN(P(=N[P+](N2C[C@H](C)C[C@H](C)C2)(N2C[C@H](C)C[C@H](C)C2)N2C[C@H](C)C[C@H](C)C2)(N2C[C@H](C)C[C@H](C)C2)N2C[C@H](C)C[C@H](C)C2)C1. The molecule has 0 radical (unpaired) electrons. The molecule has 0 amide bonds. The molecule has 0 unspecified atom stereocenters. The highest BCUT2D eigenvalue weighted by Crippen LogP contribution is 2.79. The van der Waals surface area contributed by atoms with Crippen LogP contribution in [-0.4, -0.2) is 107 Å². The lowest BCUT2D eigenvalue weighted by Gasteiger charge is -2.58. The predicted molar refractivity (Wildman–Crippen MR) is 223 cm³/mol. The van der Waals surface area contributed by atoms with Crippen LogP contribution in [0.2, 0.25) is 0 Å². The molecule has 0 aromatic heterocycles. The maximum atomic E-state index is 7.27. The van der Waals surface area contributed by atoms with Crippen molar-refractivity contribution < 1.29 is 0 Å². The van der Waals surface area contributed by atoms with Crippen LogP contribution in [-0.2, 0) is 0 Å².